The number of carbonyl (C=O) groups is 1. The molecule has 0 fully saturated rings. The predicted molar refractivity (Wildman–Crippen MR) is 135 cm³/mol. The molecule has 8 nitrogen and oxygen atoms in total. The summed E-state index contributed by atoms with van der Waals surface area (Å²) in [6.07, 6.45) is 1.51. The smallest absolute Gasteiger partial charge is 0.363 e. The van der Waals surface area contributed by atoms with E-state index in [1.807, 2.05) is 0 Å². The number of cyclic esters (lactones) is 1. The van der Waals surface area contributed by atoms with Crippen molar-refractivity contribution in [3.05, 3.63) is 102 Å². The first-order valence-corrected chi connectivity index (χ1v) is 11.4. The molecule has 3 aromatic rings. The number of non-ortho nitro benzene ring substituents is 1. The van der Waals surface area contributed by atoms with E-state index in [-0.39, 0.29) is 40.3 Å². The fourth-order valence-electron chi connectivity index (χ4n) is 3.22. The number of nitrogens with zero attached hydrogens (tertiary/aromatic N) is 2. The third-order valence-electron chi connectivity index (χ3n) is 4.84. The highest BCUT2D eigenvalue weighted by molar-refractivity contribution is 14.1. The Labute approximate surface area is 217 Å². The van der Waals surface area contributed by atoms with Gasteiger partial charge in [0.1, 0.15) is 12.4 Å². The molecule has 1 aliphatic rings. The molecule has 0 amide bonds. The monoisotopic (exact) mass is 608 g/mol. The van der Waals surface area contributed by atoms with E-state index in [0.29, 0.717) is 26.2 Å². The van der Waals surface area contributed by atoms with Crippen molar-refractivity contribution in [2.45, 2.75) is 6.61 Å². The number of halogens is 3. The van der Waals surface area contributed by atoms with Gasteiger partial charge in [-0.15, -0.1) is 0 Å². The lowest BCUT2D eigenvalue weighted by Crippen LogP contribution is -2.06. The number of methoxy groups -OCH3 is 1. The third-order valence-corrected chi connectivity index (χ3v) is 5.96. The maximum atomic E-state index is 13.4. The van der Waals surface area contributed by atoms with Crippen molar-refractivity contribution in [2.75, 3.05) is 7.11 Å². The first-order chi connectivity index (χ1) is 16.7. The molecule has 0 bridgehead atoms. The van der Waals surface area contributed by atoms with Crippen LogP contribution in [-0.2, 0) is 16.1 Å². The lowest BCUT2D eigenvalue weighted by Gasteiger charge is -2.14. The quantitative estimate of drug-likeness (QED) is 0.109. The second-order valence-electron chi connectivity index (χ2n) is 7.21. The van der Waals surface area contributed by atoms with Gasteiger partial charge in [0.2, 0.25) is 5.90 Å². The normalized spacial score (nSPS) is 14.0. The molecule has 0 aromatic heterocycles. The average Bonchev–Trinajstić information content (AvgIpc) is 3.17. The molecule has 11 heteroatoms. The Hall–Kier alpha value is -3.51. The highest BCUT2D eigenvalue weighted by Gasteiger charge is 2.27. The Kier molecular flexibility index (Phi) is 7.31. The minimum absolute atomic E-state index is 0.0145. The summed E-state index contributed by atoms with van der Waals surface area (Å²) in [5.74, 6) is -0.231. The zero-order valence-corrected chi connectivity index (χ0v) is 20.9. The van der Waals surface area contributed by atoms with Gasteiger partial charge >= 0.3 is 5.97 Å². The van der Waals surface area contributed by atoms with E-state index >= 15 is 0 Å². The van der Waals surface area contributed by atoms with Gasteiger partial charge < -0.3 is 14.2 Å². The summed E-state index contributed by atoms with van der Waals surface area (Å²) in [6.45, 7) is 0.139. The number of nitro groups is 1. The van der Waals surface area contributed by atoms with Crippen LogP contribution in [0, 0.1) is 19.5 Å². The van der Waals surface area contributed by atoms with Crippen LogP contribution >= 0.6 is 34.2 Å². The summed E-state index contributed by atoms with van der Waals surface area (Å²) in [7, 11) is 1.48. The third kappa shape index (κ3) is 5.60. The maximum Gasteiger partial charge on any atom is 0.363 e. The molecule has 178 valence electrons. The van der Waals surface area contributed by atoms with Gasteiger partial charge in [0.15, 0.2) is 17.2 Å². The van der Waals surface area contributed by atoms with Gasteiger partial charge in [0.25, 0.3) is 5.69 Å². The van der Waals surface area contributed by atoms with Crippen LogP contribution in [0.1, 0.15) is 16.7 Å². The van der Waals surface area contributed by atoms with Crippen LogP contribution in [-0.4, -0.2) is 23.9 Å². The fraction of sp³-hybridized carbons (Fsp3) is 0.0833. The van der Waals surface area contributed by atoms with Crippen molar-refractivity contribution in [2.24, 2.45) is 4.99 Å². The van der Waals surface area contributed by atoms with Crippen molar-refractivity contribution < 1.29 is 28.3 Å². The summed E-state index contributed by atoms with van der Waals surface area (Å²) in [5.41, 5.74) is 1.33. The molecule has 1 aliphatic heterocycles. The van der Waals surface area contributed by atoms with Crippen LogP contribution in [0.15, 0.2) is 65.3 Å². The van der Waals surface area contributed by atoms with Crippen LogP contribution in [0.4, 0.5) is 10.1 Å². The topological polar surface area (TPSA) is 100 Å². The predicted octanol–water partition coefficient (Wildman–Crippen LogP) is 5.92. The first kappa shape index (κ1) is 24.6. The molecule has 0 spiro atoms. The maximum absolute atomic E-state index is 13.4. The van der Waals surface area contributed by atoms with E-state index in [2.05, 4.69) is 27.6 Å². The van der Waals surface area contributed by atoms with E-state index in [1.165, 1.54) is 37.5 Å². The van der Waals surface area contributed by atoms with Gasteiger partial charge in [0.05, 0.1) is 26.2 Å². The number of benzene rings is 3. The molecule has 0 saturated carbocycles. The molecule has 4 rings (SSSR count). The molecule has 0 unspecified atom stereocenters. The van der Waals surface area contributed by atoms with Crippen LogP contribution in [0.3, 0.4) is 0 Å². The number of ether oxygens (including phenoxy) is 3. The van der Waals surface area contributed by atoms with Gasteiger partial charge in [-0.3, -0.25) is 10.1 Å². The van der Waals surface area contributed by atoms with Crippen LogP contribution in [0.5, 0.6) is 11.5 Å². The SMILES string of the molecule is COc1cc(/C=C2\N=C(c3ccc([N+](=O)[O-])cc3Cl)OC2=O)cc(I)c1OCc1cccc(F)c1. The summed E-state index contributed by atoms with van der Waals surface area (Å²) < 4.78 is 30.7. The number of esters is 1. The highest BCUT2D eigenvalue weighted by Crippen LogP contribution is 2.36. The summed E-state index contributed by atoms with van der Waals surface area (Å²) >= 11 is 8.19. The van der Waals surface area contributed by atoms with E-state index in [0.717, 1.165) is 6.07 Å². The van der Waals surface area contributed by atoms with Gasteiger partial charge in [-0.1, -0.05) is 23.7 Å². The Morgan fingerprint density at radius 3 is 2.71 bits per heavy atom. The molecule has 0 radical (unpaired) electrons. The molecule has 0 atom stereocenters. The standard InChI is InChI=1S/C24H15ClFIN2O6/c1-33-21-10-14(8-19(27)22(21)34-12-13-3-2-4-15(26)7-13)9-20-24(30)35-23(28-20)17-6-5-16(29(31)32)11-18(17)25/h2-11H,12H2,1H3/b20-9-. The largest absolute Gasteiger partial charge is 0.493 e. The Bertz CT molecular complexity index is 1410. The number of rotatable bonds is 7. The minimum Gasteiger partial charge on any atom is -0.493 e. The van der Waals surface area contributed by atoms with Gasteiger partial charge in [-0.25, -0.2) is 14.2 Å². The van der Waals surface area contributed by atoms with E-state index in [1.54, 1.807) is 24.3 Å². The molecule has 0 aliphatic carbocycles. The second kappa shape index (κ2) is 10.4. The summed E-state index contributed by atoms with van der Waals surface area (Å²) in [4.78, 5) is 26.9. The van der Waals surface area contributed by atoms with Crippen molar-refractivity contribution in [3.8, 4) is 11.5 Å². The average molecular weight is 609 g/mol. The number of hydrogen-bond donors (Lipinski definition) is 0. The van der Waals surface area contributed by atoms with Crippen LogP contribution in [0.25, 0.3) is 6.08 Å². The minimum atomic E-state index is -0.699. The first-order valence-electron chi connectivity index (χ1n) is 9.97. The fourth-order valence-corrected chi connectivity index (χ4v) is 4.26. The number of nitro benzene ring substituents is 1. The van der Waals surface area contributed by atoms with E-state index in [9.17, 15) is 19.3 Å². The number of aliphatic imine (C=N–C) groups is 1. The van der Waals surface area contributed by atoms with Gasteiger partial charge in [0, 0.05) is 12.1 Å². The van der Waals surface area contributed by atoms with Crippen molar-refractivity contribution in [1.29, 1.82) is 0 Å². The number of carbonyl (C=O) groups excluding carboxylic acids is 1. The molecule has 0 N–H and O–H groups in total. The summed E-state index contributed by atoms with van der Waals surface area (Å²) in [6, 6.07) is 13.3. The lowest BCUT2D eigenvalue weighted by atomic mass is 10.1. The van der Waals surface area contributed by atoms with E-state index in [4.69, 9.17) is 25.8 Å². The Morgan fingerprint density at radius 2 is 2.03 bits per heavy atom. The molecular weight excluding hydrogens is 594 g/mol. The Morgan fingerprint density at radius 1 is 1.23 bits per heavy atom. The van der Waals surface area contributed by atoms with Crippen molar-refractivity contribution in [1.82, 2.24) is 0 Å². The van der Waals surface area contributed by atoms with Gasteiger partial charge in [-0.05, 0) is 70.1 Å². The molecule has 1 heterocycles. The lowest BCUT2D eigenvalue weighted by molar-refractivity contribution is -0.384. The molecule has 0 saturated heterocycles. The van der Waals surface area contributed by atoms with Crippen molar-refractivity contribution >= 4 is 57.8 Å². The van der Waals surface area contributed by atoms with E-state index < -0.39 is 10.9 Å². The number of hydrogen-bond acceptors (Lipinski definition) is 7. The molecule has 35 heavy (non-hydrogen) atoms. The molecular formula is C24H15ClFIN2O6. The highest BCUT2D eigenvalue weighted by atomic mass is 127. The zero-order chi connectivity index (χ0) is 25.1. The summed E-state index contributed by atoms with van der Waals surface area (Å²) in [5, 5.41) is 10.9. The zero-order valence-electron chi connectivity index (χ0n) is 18.0. The Balaban J connectivity index is 1.60. The van der Waals surface area contributed by atoms with Gasteiger partial charge in [-0.2, -0.15) is 0 Å². The van der Waals surface area contributed by atoms with Crippen LogP contribution < -0.4 is 9.47 Å². The second-order valence-corrected chi connectivity index (χ2v) is 8.78. The van der Waals surface area contributed by atoms with Crippen molar-refractivity contribution in [3.63, 3.8) is 0 Å². The molecule has 3 aromatic carbocycles. The van der Waals surface area contributed by atoms with Crippen LogP contribution in [0.2, 0.25) is 5.02 Å².